The topological polar surface area (TPSA) is 50.2 Å². The summed E-state index contributed by atoms with van der Waals surface area (Å²) in [6.07, 6.45) is 4.02. The number of carbonyl (C=O) groups is 1. The number of hydrogen-bond donors (Lipinski definition) is 1. The second kappa shape index (κ2) is 8.09. The number of hydrogen-bond acceptors (Lipinski definition) is 4. The fraction of sp³-hybridized carbons (Fsp3) is 0.263. The van der Waals surface area contributed by atoms with E-state index in [4.69, 9.17) is 0 Å². The first kappa shape index (κ1) is 17.4. The Morgan fingerprint density at radius 3 is 2.68 bits per heavy atom. The summed E-state index contributed by atoms with van der Waals surface area (Å²) >= 11 is 1.68. The summed E-state index contributed by atoms with van der Waals surface area (Å²) < 4.78 is 1.80. The van der Waals surface area contributed by atoms with Gasteiger partial charge in [-0.2, -0.15) is 16.4 Å². The number of aromatic nitrogens is 2. The van der Waals surface area contributed by atoms with Gasteiger partial charge in [0.25, 0.3) is 0 Å². The summed E-state index contributed by atoms with van der Waals surface area (Å²) in [6.45, 7) is 0.605. The van der Waals surface area contributed by atoms with Crippen LogP contribution in [0.3, 0.4) is 0 Å². The molecule has 5 nitrogen and oxygen atoms in total. The van der Waals surface area contributed by atoms with Crippen molar-refractivity contribution >= 4 is 17.2 Å². The van der Waals surface area contributed by atoms with Crippen LogP contribution in [0.4, 0.5) is 0 Å². The molecule has 0 spiro atoms. The molecule has 0 saturated carbocycles. The Kier molecular flexibility index (Phi) is 5.63. The van der Waals surface area contributed by atoms with Gasteiger partial charge in [-0.15, -0.1) is 0 Å². The molecular formula is C19H22N4OS. The molecule has 1 unspecified atom stereocenters. The second-order valence-electron chi connectivity index (χ2n) is 6.13. The third-order valence-electron chi connectivity index (χ3n) is 4.11. The van der Waals surface area contributed by atoms with Crippen LogP contribution in [-0.2, 0) is 11.2 Å². The molecule has 25 heavy (non-hydrogen) atoms. The Morgan fingerprint density at radius 1 is 1.28 bits per heavy atom. The van der Waals surface area contributed by atoms with Crippen LogP contribution in [0.5, 0.6) is 0 Å². The highest BCUT2D eigenvalue weighted by molar-refractivity contribution is 7.07. The van der Waals surface area contributed by atoms with Crippen molar-refractivity contribution in [1.29, 1.82) is 0 Å². The van der Waals surface area contributed by atoms with Crippen molar-refractivity contribution in [2.24, 2.45) is 0 Å². The molecule has 2 aromatic heterocycles. The molecule has 1 amide bonds. The molecule has 1 atom stereocenters. The molecule has 2 heterocycles. The molecule has 0 aliphatic rings. The number of likely N-dealkylation sites (N-methyl/N-ethyl adjacent to an activating group) is 1. The molecule has 130 valence electrons. The molecule has 0 aliphatic carbocycles. The van der Waals surface area contributed by atoms with Crippen molar-refractivity contribution in [3.8, 4) is 5.69 Å². The van der Waals surface area contributed by atoms with Crippen molar-refractivity contribution in [2.45, 2.75) is 12.5 Å². The summed E-state index contributed by atoms with van der Waals surface area (Å²) in [5, 5.41) is 11.4. The Morgan fingerprint density at radius 2 is 2.08 bits per heavy atom. The quantitative estimate of drug-likeness (QED) is 0.710. The minimum Gasteiger partial charge on any atom is -0.354 e. The van der Waals surface area contributed by atoms with Crippen LogP contribution < -0.4 is 5.32 Å². The smallest absolute Gasteiger partial charge is 0.224 e. The Balaban J connectivity index is 1.55. The lowest BCUT2D eigenvalue weighted by molar-refractivity contribution is -0.120. The van der Waals surface area contributed by atoms with Gasteiger partial charge >= 0.3 is 0 Å². The van der Waals surface area contributed by atoms with Gasteiger partial charge in [0.1, 0.15) is 0 Å². The zero-order valence-corrected chi connectivity index (χ0v) is 15.2. The first-order valence-corrected chi connectivity index (χ1v) is 9.12. The minimum atomic E-state index is 0.0360. The van der Waals surface area contributed by atoms with Gasteiger partial charge in [-0.05, 0) is 60.2 Å². The highest BCUT2D eigenvalue weighted by Crippen LogP contribution is 2.20. The average molecular weight is 354 g/mol. The summed E-state index contributed by atoms with van der Waals surface area (Å²) in [7, 11) is 4.06. The summed E-state index contributed by atoms with van der Waals surface area (Å²) in [4.78, 5) is 14.4. The van der Waals surface area contributed by atoms with Crippen LogP contribution in [0.25, 0.3) is 5.69 Å². The number of amides is 1. The Labute approximate surface area is 151 Å². The Hall–Kier alpha value is -2.44. The van der Waals surface area contributed by atoms with Crippen LogP contribution in [-0.4, -0.2) is 41.2 Å². The number of nitrogens with one attached hydrogen (secondary N) is 1. The van der Waals surface area contributed by atoms with Gasteiger partial charge < -0.3 is 10.2 Å². The lowest BCUT2D eigenvalue weighted by Crippen LogP contribution is -2.35. The fourth-order valence-corrected chi connectivity index (χ4v) is 3.42. The van der Waals surface area contributed by atoms with Crippen LogP contribution in [0.15, 0.2) is 59.6 Å². The second-order valence-corrected chi connectivity index (χ2v) is 6.91. The molecule has 3 aromatic rings. The van der Waals surface area contributed by atoms with Crippen LogP contribution >= 0.6 is 11.3 Å². The van der Waals surface area contributed by atoms with Gasteiger partial charge in [0, 0.05) is 18.9 Å². The van der Waals surface area contributed by atoms with E-state index in [2.05, 4.69) is 32.1 Å². The lowest BCUT2D eigenvalue weighted by Gasteiger charge is -2.24. The third kappa shape index (κ3) is 4.55. The lowest BCUT2D eigenvalue weighted by atomic mass is 10.1. The van der Waals surface area contributed by atoms with E-state index in [1.807, 2.05) is 50.6 Å². The van der Waals surface area contributed by atoms with Crippen LogP contribution in [0, 0.1) is 0 Å². The van der Waals surface area contributed by atoms with Crippen molar-refractivity contribution in [2.75, 3.05) is 20.6 Å². The molecule has 1 N–H and O–H groups in total. The summed E-state index contributed by atoms with van der Waals surface area (Å²) in [6, 6.07) is 12.1. The zero-order chi connectivity index (χ0) is 17.6. The monoisotopic (exact) mass is 354 g/mol. The maximum atomic E-state index is 12.3. The number of thiophene rings is 1. The molecular weight excluding hydrogens is 332 g/mol. The number of carbonyl (C=O) groups excluding carboxylic acids is 1. The average Bonchev–Trinajstić information content (AvgIpc) is 3.29. The van der Waals surface area contributed by atoms with E-state index in [0.29, 0.717) is 13.0 Å². The first-order chi connectivity index (χ1) is 12.1. The maximum absolute atomic E-state index is 12.3. The molecule has 3 rings (SSSR count). The van der Waals surface area contributed by atoms with Crippen molar-refractivity contribution in [3.05, 3.63) is 70.7 Å². The van der Waals surface area contributed by atoms with Crippen LogP contribution in [0.1, 0.15) is 17.2 Å². The first-order valence-electron chi connectivity index (χ1n) is 8.17. The number of benzene rings is 1. The normalized spacial score (nSPS) is 12.3. The summed E-state index contributed by atoms with van der Waals surface area (Å²) in [5.41, 5.74) is 3.21. The van der Waals surface area contributed by atoms with E-state index in [9.17, 15) is 4.79 Å². The zero-order valence-electron chi connectivity index (χ0n) is 14.4. The van der Waals surface area contributed by atoms with E-state index < -0.39 is 0 Å². The predicted octanol–water partition coefficient (Wildman–Crippen LogP) is 2.90. The van der Waals surface area contributed by atoms with E-state index in [1.54, 1.807) is 22.2 Å². The molecule has 0 fully saturated rings. The molecule has 0 bridgehead atoms. The van der Waals surface area contributed by atoms with Crippen molar-refractivity contribution < 1.29 is 4.79 Å². The van der Waals surface area contributed by atoms with E-state index >= 15 is 0 Å². The largest absolute Gasteiger partial charge is 0.354 e. The third-order valence-corrected chi connectivity index (χ3v) is 4.82. The number of nitrogens with zero attached hydrogens (tertiary/aromatic N) is 3. The molecule has 1 aromatic carbocycles. The minimum absolute atomic E-state index is 0.0360. The molecule has 0 radical (unpaired) electrons. The predicted molar refractivity (Wildman–Crippen MR) is 101 cm³/mol. The van der Waals surface area contributed by atoms with Gasteiger partial charge in [-0.25, -0.2) is 4.68 Å². The van der Waals surface area contributed by atoms with Crippen LogP contribution in [0.2, 0.25) is 0 Å². The van der Waals surface area contributed by atoms with Crippen molar-refractivity contribution in [3.63, 3.8) is 0 Å². The highest BCUT2D eigenvalue weighted by atomic mass is 32.1. The van der Waals surface area contributed by atoms with Crippen molar-refractivity contribution in [1.82, 2.24) is 20.0 Å². The van der Waals surface area contributed by atoms with Gasteiger partial charge in [0.15, 0.2) is 0 Å². The maximum Gasteiger partial charge on any atom is 0.224 e. The van der Waals surface area contributed by atoms with E-state index in [0.717, 1.165) is 11.3 Å². The summed E-state index contributed by atoms with van der Waals surface area (Å²) in [5.74, 6) is 0.0360. The standard InChI is InChI=1S/C19H22N4OS/c1-22(2)18(16-8-11-25-14-16)13-20-19(24)12-15-4-6-17(7-5-15)23-10-3-9-21-23/h3-11,14,18H,12-13H2,1-2H3,(H,20,24). The van der Waals surface area contributed by atoms with Gasteiger partial charge in [0.05, 0.1) is 18.2 Å². The van der Waals surface area contributed by atoms with Gasteiger partial charge in [-0.3, -0.25) is 4.79 Å². The fourth-order valence-electron chi connectivity index (χ4n) is 2.71. The van der Waals surface area contributed by atoms with Gasteiger partial charge in [-0.1, -0.05) is 12.1 Å². The molecule has 6 heteroatoms. The van der Waals surface area contributed by atoms with E-state index in [1.165, 1.54) is 5.56 Å². The van der Waals surface area contributed by atoms with Gasteiger partial charge in [0.2, 0.25) is 5.91 Å². The molecule has 0 aliphatic heterocycles. The number of rotatable bonds is 7. The highest BCUT2D eigenvalue weighted by Gasteiger charge is 2.15. The Bertz CT molecular complexity index is 779. The van der Waals surface area contributed by atoms with E-state index in [-0.39, 0.29) is 11.9 Å². The molecule has 0 saturated heterocycles. The SMILES string of the molecule is CN(C)C(CNC(=O)Cc1ccc(-n2cccn2)cc1)c1ccsc1.